The van der Waals surface area contributed by atoms with Gasteiger partial charge in [0.05, 0.1) is 0 Å². The highest BCUT2D eigenvalue weighted by molar-refractivity contribution is 5.85. The predicted octanol–water partition coefficient (Wildman–Crippen LogP) is 2.36. The summed E-state index contributed by atoms with van der Waals surface area (Å²) in [5.74, 6) is 0. The lowest BCUT2D eigenvalue weighted by Gasteiger charge is -2.32. The smallest absolute Gasteiger partial charge is 0.0204 e. The van der Waals surface area contributed by atoms with Gasteiger partial charge in [-0.2, -0.15) is 0 Å². The van der Waals surface area contributed by atoms with Gasteiger partial charge in [0, 0.05) is 12.6 Å². The Balaban J connectivity index is 0.00000180. The van der Waals surface area contributed by atoms with E-state index in [4.69, 9.17) is 0 Å². The molecular formula is C15H32ClN3. The molecule has 0 radical (unpaired) electrons. The van der Waals surface area contributed by atoms with Crippen molar-refractivity contribution in [3.8, 4) is 0 Å². The van der Waals surface area contributed by atoms with Crippen molar-refractivity contribution >= 4 is 12.4 Å². The fraction of sp³-hybridized carbons (Fsp3) is 1.00. The molecule has 1 unspecified atom stereocenters. The first-order valence-corrected chi connectivity index (χ1v) is 8.00. The van der Waals surface area contributed by atoms with E-state index in [2.05, 4.69) is 22.2 Å². The Labute approximate surface area is 125 Å². The van der Waals surface area contributed by atoms with E-state index in [0.717, 1.165) is 0 Å². The molecule has 0 aliphatic carbocycles. The molecule has 114 valence electrons. The lowest BCUT2D eigenvalue weighted by atomic mass is 10.1. The summed E-state index contributed by atoms with van der Waals surface area (Å²) in [7, 11) is 2.13. The first kappa shape index (κ1) is 17.2. The van der Waals surface area contributed by atoms with Crippen LogP contribution in [0, 0.1) is 0 Å². The van der Waals surface area contributed by atoms with Crippen LogP contribution < -0.4 is 5.32 Å². The number of hydrogen-bond donors (Lipinski definition) is 1. The number of hydrogen-bond acceptors (Lipinski definition) is 3. The van der Waals surface area contributed by atoms with Crippen molar-refractivity contribution in [2.24, 2.45) is 0 Å². The van der Waals surface area contributed by atoms with Crippen LogP contribution >= 0.6 is 12.4 Å². The summed E-state index contributed by atoms with van der Waals surface area (Å²) in [4.78, 5) is 5.31. The maximum Gasteiger partial charge on any atom is 0.0204 e. The second-order valence-electron chi connectivity index (χ2n) is 6.04. The topological polar surface area (TPSA) is 18.5 Å². The van der Waals surface area contributed by atoms with Crippen LogP contribution in [0.4, 0.5) is 0 Å². The van der Waals surface area contributed by atoms with Crippen LogP contribution in [-0.4, -0.2) is 62.2 Å². The van der Waals surface area contributed by atoms with Crippen LogP contribution in [0.5, 0.6) is 0 Å². The molecule has 0 aromatic heterocycles. The monoisotopic (exact) mass is 289 g/mol. The van der Waals surface area contributed by atoms with Gasteiger partial charge in [-0.1, -0.05) is 12.8 Å². The summed E-state index contributed by atoms with van der Waals surface area (Å²) in [6.07, 6.45) is 9.83. The van der Waals surface area contributed by atoms with Gasteiger partial charge in [0.2, 0.25) is 0 Å². The maximum absolute atomic E-state index is 3.52. The molecule has 2 rings (SSSR count). The number of piperidine rings is 2. The van der Waals surface area contributed by atoms with E-state index in [0.29, 0.717) is 6.04 Å². The zero-order chi connectivity index (χ0) is 12.6. The average Bonchev–Trinajstić information content (AvgIpc) is 2.45. The number of rotatable bonds is 6. The lowest BCUT2D eigenvalue weighted by Crippen LogP contribution is -2.44. The molecule has 0 amide bonds. The average molecular weight is 290 g/mol. The first-order chi connectivity index (χ1) is 8.88. The van der Waals surface area contributed by atoms with Gasteiger partial charge >= 0.3 is 0 Å². The number of likely N-dealkylation sites (tertiary alicyclic amines) is 2. The summed E-state index contributed by atoms with van der Waals surface area (Å²) in [5.41, 5.74) is 0. The molecule has 0 aromatic carbocycles. The minimum Gasteiger partial charge on any atom is -0.316 e. The van der Waals surface area contributed by atoms with E-state index >= 15 is 0 Å². The Kier molecular flexibility index (Phi) is 9.04. The van der Waals surface area contributed by atoms with E-state index in [9.17, 15) is 0 Å². The van der Waals surface area contributed by atoms with Crippen LogP contribution in [-0.2, 0) is 0 Å². The van der Waals surface area contributed by atoms with E-state index in [-0.39, 0.29) is 12.4 Å². The normalized spacial score (nSPS) is 23.8. The Morgan fingerprint density at radius 1 is 0.842 bits per heavy atom. The fourth-order valence-corrected chi connectivity index (χ4v) is 3.30. The molecule has 0 aromatic rings. The van der Waals surface area contributed by atoms with Gasteiger partial charge in [-0.15, -0.1) is 12.4 Å². The van der Waals surface area contributed by atoms with Crippen molar-refractivity contribution in [1.29, 1.82) is 0 Å². The fourth-order valence-electron chi connectivity index (χ4n) is 3.30. The second kappa shape index (κ2) is 9.98. The van der Waals surface area contributed by atoms with Gasteiger partial charge in [-0.25, -0.2) is 0 Å². The molecule has 3 nitrogen and oxygen atoms in total. The molecule has 2 saturated heterocycles. The van der Waals surface area contributed by atoms with Crippen LogP contribution in [0.3, 0.4) is 0 Å². The van der Waals surface area contributed by atoms with Crippen molar-refractivity contribution in [2.75, 3.05) is 46.3 Å². The summed E-state index contributed by atoms with van der Waals surface area (Å²) in [6.45, 7) is 7.85. The van der Waals surface area contributed by atoms with Gasteiger partial charge < -0.3 is 15.1 Å². The van der Waals surface area contributed by atoms with Crippen LogP contribution in [0.25, 0.3) is 0 Å². The Bertz CT molecular complexity index is 213. The molecule has 2 fully saturated rings. The highest BCUT2D eigenvalue weighted by Gasteiger charge is 2.17. The van der Waals surface area contributed by atoms with Crippen molar-refractivity contribution in [3.63, 3.8) is 0 Å². The minimum absolute atomic E-state index is 0. The largest absolute Gasteiger partial charge is 0.316 e. The molecule has 2 aliphatic rings. The third-order valence-corrected chi connectivity index (χ3v) is 4.58. The molecule has 0 bridgehead atoms. The van der Waals surface area contributed by atoms with Crippen LogP contribution in [0.15, 0.2) is 0 Å². The Morgan fingerprint density at radius 3 is 1.89 bits per heavy atom. The highest BCUT2D eigenvalue weighted by atomic mass is 35.5. The van der Waals surface area contributed by atoms with Gasteiger partial charge in [0.25, 0.3) is 0 Å². The standard InChI is InChI=1S/C15H31N3.ClH/c1-16-15(14-18-11-6-3-7-12-18)8-13-17-9-4-2-5-10-17;/h15-16H,2-14H2,1H3;1H. The molecule has 19 heavy (non-hydrogen) atoms. The van der Waals surface area contributed by atoms with Crippen LogP contribution in [0.2, 0.25) is 0 Å². The predicted molar refractivity (Wildman–Crippen MR) is 85.3 cm³/mol. The molecule has 0 saturated carbocycles. The Hall–Kier alpha value is 0.170. The SMILES string of the molecule is CNC(CCN1CCCCC1)CN1CCCCC1.Cl. The van der Waals surface area contributed by atoms with Gasteiger partial charge in [0.1, 0.15) is 0 Å². The third kappa shape index (κ3) is 6.44. The first-order valence-electron chi connectivity index (χ1n) is 8.00. The van der Waals surface area contributed by atoms with E-state index in [1.165, 1.54) is 84.2 Å². The van der Waals surface area contributed by atoms with Crippen molar-refractivity contribution in [1.82, 2.24) is 15.1 Å². The summed E-state index contributed by atoms with van der Waals surface area (Å²) < 4.78 is 0. The lowest BCUT2D eigenvalue weighted by molar-refractivity contribution is 0.182. The molecule has 1 N–H and O–H groups in total. The Morgan fingerprint density at radius 2 is 1.37 bits per heavy atom. The van der Waals surface area contributed by atoms with E-state index < -0.39 is 0 Å². The third-order valence-electron chi connectivity index (χ3n) is 4.58. The molecule has 1 atom stereocenters. The van der Waals surface area contributed by atoms with Gasteiger partial charge in [-0.3, -0.25) is 0 Å². The van der Waals surface area contributed by atoms with Crippen LogP contribution in [0.1, 0.15) is 44.9 Å². The van der Waals surface area contributed by atoms with Gasteiger partial charge in [0.15, 0.2) is 0 Å². The van der Waals surface area contributed by atoms with Crippen molar-refractivity contribution in [3.05, 3.63) is 0 Å². The second-order valence-corrected chi connectivity index (χ2v) is 6.04. The maximum atomic E-state index is 3.52. The van der Waals surface area contributed by atoms with E-state index in [1.54, 1.807) is 0 Å². The summed E-state index contributed by atoms with van der Waals surface area (Å²) >= 11 is 0. The number of nitrogens with zero attached hydrogens (tertiary/aromatic N) is 2. The van der Waals surface area contributed by atoms with Crippen molar-refractivity contribution < 1.29 is 0 Å². The molecule has 4 heteroatoms. The number of likely N-dealkylation sites (N-methyl/N-ethyl adjacent to an activating group) is 1. The number of nitrogens with one attached hydrogen (secondary N) is 1. The quantitative estimate of drug-likeness (QED) is 0.810. The van der Waals surface area contributed by atoms with Gasteiger partial charge in [-0.05, 0) is 71.9 Å². The molecule has 2 heterocycles. The zero-order valence-electron chi connectivity index (χ0n) is 12.6. The minimum atomic E-state index is 0. The van der Waals surface area contributed by atoms with Crippen molar-refractivity contribution in [2.45, 2.75) is 51.0 Å². The molecule has 0 spiro atoms. The highest BCUT2D eigenvalue weighted by Crippen LogP contribution is 2.12. The molecular weight excluding hydrogens is 258 g/mol. The zero-order valence-corrected chi connectivity index (χ0v) is 13.4. The summed E-state index contributed by atoms with van der Waals surface area (Å²) in [6, 6.07) is 0.685. The summed E-state index contributed by atoms with van der Waals surface area (Å²) in [5, 5.41) is 3.52. The number of halogens is 1. The van der Waals surface area contributed by atoms with E-state index in [1.807, 2.05) is 0 Å². The molecule has 2 aliphatic heterocycles.